The first kappa shape index (κ1) is 13.6. The number of carbonyl (C=O) groups is 2. The van der Waals surface area contributed by atoms with Crippen molar-refractivity contribution >= 4 is 12.0 Å². The summed E-state index contributed by atoms with van der Waals surface area (Å²) in [6, 6.07) is 0. The van der Waals surface area contributed by atoms with Crippen molar-refractivity contribution in [3.8, 4) is 0 Å². The van der Waals surface area contributed by atoms with Crippen molar-refractivity contribution in [2.24, 2.45) is 0 Å². The topological polar surface area (TPSA) is 58.6 Å². The van der Waals surface area contributed by atoms with Crippen molar-refractivity contribution in [2.75, 3.05) is 26.2 Å². The molecule has 1 rings (SSSR count). The Morgan fingerprint density at radius 3 is 2.35 bits per heavy atom. The van der Waals surface area contributed by atoms with Crippen LogP contribution >= 0.6 is 0 Å². The lowest BCUT2D eigenvalue weighted by Gasteiger charge is -2.15. The summed E-state index contributed by atoms with van der Waals surface area (Å²) in [6.45, 7) is -0.746. The Morgan fingerprint density at radius 1 is 1.24 bits per heavy atom. The zero-order valence-electron chi connectivity index (χ0n) is 9.05. The average molecular weight is 254 g/mol. The Hall–Kier alpha value is -1.47. The first-order chi connectivity index (χ1) is 7.88. The molecule has 0 aromatic heterocycles. The molecule has 98 valence electrons. The number of ether oxygens (including phenoxy) is 1. The van der Waals surface area contributed by atoms with Crippen LogP contribution in [0.2, 0.25) is 0 Å². The van der Waals surface area contributed by atoms with E-state index in [1.54, 1.807) is 4.90 Å². The summed E-state index contributed by atoms with van der Waals surface area (Å²) in [4.78, 5) is 23.7. The molecule has 0 atom stereocenters. The lowest BCUT2D eigenvalue weighted by atomic mass is 10.4. The molecule has 1 saturated heterocycles. The third-order valence-electron chi connectivity index (χ3n) is 2.21. The maximum absolute atomic E-state index is 11.7. The van der Waals surface area contributed by atoms with E-state index < -0.39 is 18.9 Å². The number of carbonyl (C=O) groups excluding carboxylic acids is 2. The van der Waals surface area contributed by atoms with Gasteiger partial charge in [0.2, 0.25) is 5.91 Å². The van der Waals surface area contributed by atoms with Crippen LogP contribution in [0.4, 0.5) is 18.0 Å². The molecule has 0 aromatic carbocycles. The normalized spacial score (nSPS) is 15.8. The molecule has 0 bridgehead atoms. The Kier molecular flexibility index (Phi) is 4.59. The standard InChI is InChI=1S/C9H13F3N2O3/c10-9(11,12)6-17-8(16)13-5-7(15)14-3-1-2-4-14/h1-6H2,(H,13,16). The molecule has 1 aliphatic heterocycles. The van der Waals surface area contributed by atoms with E-state index in [0.29, 0.717) is 13.1 Å². The molecule has 1 N–H and O–H groups in total. The molecule has 1 fully saturated rings. The van der Waals surface area contributed by atoms with E-state index in [4.69, 9.17) is 0 Å². The molecule has 1 heterocycles. The number of rotatable bonds is 3. The third-order valence-corrected chi connectivity index (χ3v) is 2.21. The molecular weight excluding hydrogens is 241 g/mol. The smallest absolute Gasteiger partial charge is 0.422 e. The lowest BCUT2D eigenvalue weighted by Crippen LogP contribution is -2.39. The number of likely N-dealkylation sites (tertiary alicyclic amines) is 1. The number of nitrogens with zero attached hydrogens (tertiary/aromatic N) is 1. The minimum Gasteiger partial charge on any atom is -0.440 e. The van der Waals surface area contributed by atoms with Gasteiger partial charge in [0.1, 0.15) is 6.54 Å². The molecule has 0 spiro atoms. The van der Waals surface area contributed by atoms with Crippen LogP contribution in [0.5, 0.6) is 0 Å². The first-order valence-corrected chi connectivity index (χ1v) is 5.13. The van der Waals surface area contributed by atoms with Crippen molar-refractivity contribution < 1.29 is 27.5 Å². The Bertz CT molecular complexity index is 288. The fourth-order valence-electron chi connectivity index (χ4n) is 1.42. The minimum absolute atomic E-state index is 0.313. The number of alkyl carbamates (subject to hydrolysis) is 1. The highest BCUT2D eigenvalue weighted by Gasteiger charge is 2.29. The summed E-state index contributed by atoms with van der Waals surface area (Å²) in [6.07, 6.45) is -3.99. The zero-order valence-corrected chi connectivity index (χ0v) is 9.05. The Morgan fingerprint density at radius 2 is 1.82 bits per heavy atom. The van der Waals surface area contributed by atoms with Crippen LogP contribution in [0.15, 0.2) is 0 Å². The molecular formula is C9H13F3N2O3. The summed E-state index contributed by atoms with van der Waals surface area (Å²) in [5.74, 6) is -0.313. The van der Waals surface area contributed by atoms with E-state index >= 15 is 0 Å². The molecule has 0 aromatic rings. The van der Waals surface area contributed by atoms with Gasteiger partial charge in [0, 0.05) is 13.1 Å². The fraction of sp³-hybridized carbons (Fsp3) is 0.778. The van der Waals surface area contributed by atoms with E-state index in [-0.39, 0.29) is 12.5 Å². The second-order valence-corrected chi connectivity index (χ2v) is 3.63. The Labute approximate surface area is 95.9 Å². The van der Waals surface area contributed by atoms with E-state index in [0.717, 1.165) is 12.8 Å². The number of hydrogen-bond acceptors (Lipinski definition) is 3. The van der Waals surface area contributed by atoms with Gasteiger partial charge < -0.3 is 15.0 Å². The summed E-state index contributed by atoms with van der Waals surface area (Å²) >= 11 is 0. The summed E-state index contributed by atoms with van der Waals surface area (Å²) in [5.41, 5.74) is 0. The third kappa shape index (κ3) is 5.41. The molecule has 2 amide bonds. The van der Waals surface area contributed by atoms with Gasteiger partial charge in [0.05, 0.1) is 0 Å². The lowest BCUT2D eigenvalue weighted by molar-refractivity contribution is -0.160. The van der Waals surface area contributed by atoms with Crippen molar-refractivity contribution in [1.82, 2.24) is 10.2 Å². The molecule has 0 radical (unpaired) electrons. The molecule has 0 aliphatic carbocycles. The second kappa shape index (κ2) is 5.74. The molecule has 5 nitrogen and oxygen atoms in total. The van der Waals surface area contributed by atoms with Crippen LogP contribution in [0, 0.1) is 0 Å². The number of hydrogen-bond donors (Lipinski definition) is 1. The summed E-state index contributed by atoms with van der Waals surface area (Å²) in [7, 11) is 0. The van der Waals surface area contributed by atoms with Gasteiger partial charge in [-0.1, -0.05) is 0 Å². The number of amides is 2. The first-order valence-electron chi connectivity index (χ1n) is 5.13. The van der Waals surface area contributed by atoms with Crippen LogP contribution < -0.4 is 5.32 Å². The molecule has 1 aliphatic rings. The van der Waals surface area contributed by atoms with Gasteiger partial charge in [-0.25, -0.2) is 4.79 Å². The van der Waals surface area contributed by atoms with Crippen molar-refractivity contribution in [2.45, 2.75) is 19.0 Å². The molecule has 0 saturated carbocycles. The van der Waals surface area contributed by atoms with Gasteiger partial charge in [-0.05, 0) is 12.8 Å². The van der Waals surface area contributed by atoms with Crippen LogP contribution in [0.1, 0.15) is 12.8 Å². The quantitative estimate of drug-likeness (QED) is 0.814. The van der Waals surface area contributed by atoms with Crippen molar-refractivity contribution in [1.29, 1.82) is 0 Å². The fourth-order valence-corrected chi connectivity index (χ4v) is 1.42. The molecule has 17 heavy (non-hydrogen) atoms. The SMILES string of the molecule is O=C(NCC(=O)N1CCCC1)OCC(F)(F)F. The van der Waals surface area contributed by atoms with Crippen LogP contribution in [0.25, 0.3) is 0 Å². The van der Waals surface area contributed by atoms with Gasteiger partial charge in [0.15, 0.2) is 6.61 Å². The minimum atomic E-state index is -4.56. The predicted octanol–water partition coefficient (Wildman–Crippen LogP) is 0.897. The van der Waals surface area contributed by atoms with E-state index in [1.165, 1.54) is 0 Å². The number of alkyl halides is 3. The van der Waals surface area contributed by atoms with E-state index in [9.17, 15) is 22.8 Å². The van der Waals surface area contributed by atoms with E-state index in [2.05, 4.69) is 4.74 Å². The highest BCUT2D eigenvalue weighted by Crippen LogP contribution is 2.14. The summed E-state index contributed by atoms with van der Waals surface area (Å²) in [5, 5.41) is 1.98. The average Bonchev–Trinajstić information content (AvgIpc) is 2.75. The maximum atomic E-state index is 11.7. The maximum Gasteiger partial charge on any atom is 0.422 e. The van der Waals surface area contributed by atoms with Gasteiger partial charge >= 0.3 is 12.3 Å². The van der Waals surface area contributed by atoms with Gasteiger partial charge in [-0.15, -0.1) is 0 Å². The van der Waals surface area contributed by atoms with E-state index in [1.807, 2.05) is 5.32 Å². The van der Waals surface area contributed by atoms with Crippen molar-refractivity contribution in [3.05, 3.63) is 0 Å². The predicted molar refractivity (Wildman–Crippen MR) is 51.2 cm³/mol. The molecule has 8 heteroatoms. The van der Waals surface area contributed by atoms with Gasteiger partial charge in [-0.2, -0.15) is 13.2 Å². The highest BCUT2D eigenvalue weighted by atomic mass is 19.4. The van der Waals surface area contributed by atoms with Gasteiger partial charge in [-0.3, -0.25) is 4.79 Å². The highest BCUT2D eigenvalue weighted by molar-refractivity contribution is 5.82. The molecule has 0 unspecified atom stereocenters. The monoisotopic (exact) mass is 254 g/mol. The largest absolute Gasteiger partial charge is 0.440 e. The van der Waals surface area contributed by atoms with Crippen molar-refractivity contribution in [3.63, 3.8) is 0 Å². The Balaban J connectivity index is 2.17. The number of halogens is 3. The van der Waals surface area contributed by atoms with Crippen LogP contribution in [-0.2, 0) is 9.53 Å². The number of nitrogens with one attached hydrogen (secondary N) is 1. The van der Waals surface area contributed by atoms with Gasteiger partial charge in [0.25, 0.3) is 0 Å². The van der Waals surface area contributed by atoms with Crippen LogP contribution in [0.3, 0.4) is 0 Å². The second-order valence-electron chi connectivity index (χ2n) is 3.63. The van der Waals surface area contributed by atoms with Crippen LogP contribution in [-0.4, -0.2) is 49.3 Å². The summed E-state index contributed by atoms with van der Waals surface area (Å²) < 4.78 is 38.9. The zero-order chi connectivity index (χ0) is 12.9.